The average molecular weight is 315 g/mol. The second kappa shape index (κ2) is 5.06. The number of aromatic carboxylic acids is 1. The lowest BCUT2D eigenvalue weighted by Crippen LogP contribution is -2.45. The summed E-state index contributed by atoms with van der Waals surface area (Å²) in [5, 5.41) is 8.94. The van der Waals surface area contributed by atoms with Gasteiger partial charge in [-0.2, -0.15) is 0 Å². The Kier molecular flexibility index (Phi) is 3.84. The van der Waals surface area contributed by atoms with E-state index < -0.39 is 27.3 Å². The molecular weight excluding hydrogens is 297 g/mol. The standard InChI is InChI=1S/C14H18FNO4S/c1-8-11(15)6-9(13(17)18)7-12(8)21(19,20)16-14(2,3)10-4-5-10/h6-7,10,16H,4-5H2,1-3H3,(H,17,18). The summed E-state index contributed by atoms with van der Waals surface area (Å²) in [6.45, 7) is 4.86. The molecule has 0 aromatic heterocycles. The fourth-order valence-corrected chi connectivity index (χ4v) is 4.10. The summed E-state index contributed by atoms with van der Waals surface area (Å²) in [7, 11) is -3.99. The van der Waals surface area contributed by atoms with Gasteiger partial charge in [0.2, 0.25) is 10.0 Å². The molecule has 1 fully saturated rings. The van der Waals surface area contributed by atoms with Gasteiger partial charge in [-0.1, -0.05) is 0 Å². The summed E-state index contributed by atoms with van der Waals surface area (Å²) in [4.78, 5) is 10.6. The van der Waals surface area contributed by atoms with Crippen molar-refractivity contribution in [3.8, 4) is 0 Å². The number of hydrogen-bond donors (Lipinski definition) is 2. The zero-order chi connectivity index (χ0) is 16.0. The van der Waals surface area contributed by atoms with Gasteiger partial charge >= 0.3 is 5.97 Å². The Labute approximate surface area is 123 Å². The van der Waals surface area contributed by atoms with Gasteiger partial charge in [0, 0.05) is 11.1 Å². The van der Waals surface area contributed by atoms with Gasteiger partial charge in [0.25, 0.3) is 0 Å². The summed E-state index contributed by atoms with van der Waals surface area (Å²) in [5.74, 6) is -1.97. The maximum atomic E-state index is 13.8. The molecule has 0 amide bonds. The minimum absolute atomic E-state index is 0.0842. The first-order valence-corrected chi connectivity index (χ1v) is 8.10. The normalized spacial score (nSPS) is 16.0. The molecule has 0 radical (unpaired) electrons. The van der Waals surface area contributed by atoms with Crippen LogP contribution in [0.2, 0.25) is 0 Å². The molecule has 21 heavy (non-hydrogen) atoms. The second-order valence-electron chi connectivity index (χ2n) is 5.99. The van der Waals surface area contributed by atoms with Crippen molar-refractivity contribution in [3.63, 3.8) is 0 Å². The molecule has 0 unspecified atom stereocenters. The van der Waals surface area contributed by atoms with Crippen molar-refractivity contribution < 1.29 is 22.7 Å². The van der Waals surface area contributed by atoms with Crippen LogP contribution < -0.4 is 4.72 Å². The molecule has 0 bridgehead atoms. The molecule has 1 aromatic carbocycles. The molecule has 1 saturated carbocycles. The zero-order valence-electron chi connectivity index (χ0n) is 12.1. The fraction of sp³-hybridized carbons (Fsp3) is 0.500. The Morgan fingerprint density at radius 1 is 1.38 bits per heavy atom. The Balaban J connectivity index is 2.46. The Bertz CT molecular complexity index is 693. The highest BCUT2D eigenvalue weighted by Crippen LogP contribution is 2.40. The van der Waals surface area contributed by atoms with Crippen LogP contribution in [0.3, 0.4) is 0 Å². The number of hydrogen-bond acceptors (Lipinski definition) is 3. The molecule has 1 aliphatic rings. The van der Waals surface area contributed by atoms with E-state index in [1.54, 1.807) is 13.8 Å². The number of carbonyl (C=O) groups is 1. The lowest BCUT2D eigenvalue weighted by molar-refractivity contribution is 0.0696. The summed E-state index contributed by atoms with van der Waals surface area (Å²) in [6.07, 6.45) is 1.88. The Morgan fingerprint density at radius 3 is 2.43 bits per heavy atom. The lowest BCUT2D eigenvalue weighted by atomic mass is 10.0. The number of carboxylic acids is 1. The predicted octanol–water partition coefficient (Wildman–Crippen LogP) is 2.30. The van der Waals surface area contributed by atoms with Gasteiger partial charge in [0.15, 0.2) is 0 Å². The monoisotopic (exact) mass is 315 g/mol. The SMILES string of the molecule is Cc1c(F)cc(C(=O)O)cc1S(=O)(=O)NC(C)(C)C1CC1. The molecule has 7 heteroatoms. The van der Waals surface area contributed by atoms with E-state index in [-0.39, 0.29) is 21.9 Å². The fourth-order valence-electron chi connectivity index (χ4n) is 2.35. The summed E-state index contributed by atoms with van der Waals surface area (Å²) in [5.41, 5.74) is -1.11. The van der Waals surface area contributed by atoms with Gasteiger partial charge in [-0.25, -0.2) is 22.3 Å². The maximum absolute atomic E-state index is 13.8. The van der Waals surface area contributed by atoms with Crippen LogP contribution in [0.15, 0.2) is 17.0 Å². The van der Waals surface area contributed by atoms with Crippen LogP contribution in [0.25, 0.3) is 0 Å². The van der Waals surface area contributed by atoms with E-state index in [1.165, 1.54) is 6.92 Å². The van der Waals surface area contributed by atoms with Crippen LogP contribution >= 0.6 is 0 Å². The third-order valence-corrected chi connectivity index (χ3v) is 5.63. The average Bonchev–Trinajstić information content (AvgIpc) is 3.14. The van der Waals surface area contributed by atoms with E-state index in [1.807, 2.05) is 0 Å². The van der Waals surface area contributed by atoms with Crippen LogP contribution in [-0.2, 0) is 10.0 Å². The lowest BCUT2D eigenvalue weighted by Gasteiger charge is -2.26. The van der Waals surface area contributed by atoms with E-state index >= 15 is 0 Å². The van der Waals surface area contributed by atoms with E-state index in [9.17, 15) is 17.6 Å². The van der Waals surface area contributed by atoms with E-state index in [4.69, 9.17) is 5.11 Å². The first-order valence-electron chi connectivity index (χ1n) is 6.62. The van der Waals surface area contributed by atoms with Crippen molar-refractivity contribution in [2.45, 2.75) is 44.0 Å². The quantitative estimate of drug-likeness (QED) is 0.873. The highest BCUT2D eigenvalue weighted by atomic mass is 32.2. The first kappa shape index (κ1) is 15.9. The number of nitrogens with one attached hydrogen (secondary N) is 1. The van der Waals surface area contributed by atoms with Crippen LogP contribution in [0.4, 0.5) is 4.39 Å². The number of benzene rings is 1. The largest absolute Gasteiger partial charge is 0.478 e. The zero-order valence-corrected chi connectivity index (χ0v) is 12.9. The molecule has 1 aromatic rings. The van der Waals surface area contributed by atoms with Gasteiger partial charge in [0.05, 0.1) is 10.5 Å². The minimum atomic E-state index is -3.99. The van der Waals surface area contributed by atoms with Crippen LogP contribution in [-0.4, -0.2) is 25.0 Å². The Morgan fingerprint density at radius 2 is 1.95 bits per heavy atom. The summed E-state index contributed by atoms with van der Waals surface area (Å²) < 4.78 is 41.3. The first-order chi connectivity index (χ1) is 9.54. The smallest absolute Gasteiger partial charge is 0.335 e. The van der Waals surface area contributed by atoms with E-state index in [2.05, 4.69) is 4.72 Å². The van der Waals surface area contributed by atoms with Crippen LogP contribution in [0, 0.1) is 18.7 Å². The molecule has 0 aliphatic heterocycles. The van der Waals surface area contributed by atoms with Crippen molar-refractivity contribution in [2.75, 3.05) is 0 Å². The van der Waals surface area contributed by atoms with Gasteiger partial charge in [0.1, 0.15) is 5.82 Å². The van der Waals surface area contributed by atoms with Gasteiger partial charge < -0.3 is 5.11 Å². The molecule has 0 saturated heterocycles. The van der Waals surface area contributed by atoms with Crippen molar-refractivity contribution in [1.29, 1.82) is 0 Å². The third-order valence-electron chi connectivity index (χ3n) is 3.83. The second-order valence-corrected chi connectivity index (χ2v) is 7.64. The van der Waals surface area contributed by atoms with Gasteiger partial charge in [-0.05, 0) is 51.7 Å². The predicted molar refractivity (Wildman–Crippen MR) is 75.2 cm³/mol. The number of halogens is 1. The van der Waals surface area contributed by atoms with Crippen molar-refractivity contribution in [2.24, 2.45) is 5.92 Å². The van der Waals surface area contributed by atoms with Crippen LogP contribution in [0.5, 0.6) is 0 Å². The van der Waals surface area contributed by atoms with Gasteiger partial charge in [-0.15, -0.1) is 0 Å². The molecule has 0 heterocycles. The minimum Gasteiger partial charge on any atom is -0.478 e. The highest BCUT2D eigenvalue weighted by Gasteiger charge is 2.41. The summed E-state index contributed by atoms with van der Waals surface area (Å²) >= 11 is 0. The van der Waals surface area contributed by atoms with Crippen molar-refractivity contribution >= 4 is 16.0 Å². The molecule has 2 rings (SSSR count). The molecule has 2 N–H and O–H groups in total. The molecular formula is C14H18FNO4S. The molecule has 0 spiro atoms. The third kappa shape index (κ3) is 3.24. The number of sulfonamides is 1. The maximum Gasteiger partial charge on any atom is 0.335 e. The highest BCUT2D eigenvalue weighted by molar-refractivity contribution is 7.89. The molecule has 5 nitrogen and oxygen atoms in total. The number of rotatable bonds is 5. The van der Waals surface area contributed by atoms with Crippen molar-refractivity contribution in [1.82, 2.24) is 4.72 Å². The summed E-state index contributed by atoms with van der Waals surface area (Å²) in [6, 6.07) is 1.81. The number of carboxylic acid groups (broad SMARTS) is 1. The van der Waals surface area contributed by atoms with E-state index in [0.717, 1.165) is 25.0 Å². The molecule has 0 atom stereocenters. The van der Waals surface area contributed by atoms with Crippen molar-refractivity contribution in [3.05, 3.63) is 29.1 Å². The van der Waals surface area contributed by atoms with Crippen LogP contribution in [0.1, 0.15) is 42.6 Å². The molecule has 116 valence electrons. The Hall–Kier alpha value is -1.47. The topological polar surface area (TPSA) is 83.5 Å². The molecule has 1 aliphatic carbocycles. The van der Waals surface area contributed by atoms with Gasteiger partial charge in [-0.3, -0.25) is 0 Å². The van der Waals surface area contributed by atoms with E-state index in [0.29, 0.717) is 0 Å².